The smallest absolute Gasteiger partial charge is 0.224 e. The Balaban J connectivity index is 1.46. The Morgan fingerprint density at radius 3 is 2.41 bits per heavy atom. The third kappa shape index (κ3) is 5.11. The van der Waals surface area contributed by atoms with Crippen LogP contribution in [-0.2, 0) is 6.54 Å². The molecule has 4 rings (SSSR count). The number of rotatable bonds is 7. The summed E-state index contributed by atoms with van der Waals surface area (Å²) in [5, 5.41) is 6.59. The van der Waals surface area contributed by atoms with Gasteiger partial charge < -0.3 is 15.4 Å². The molecule has 1 aromatic heterocycles. The number of aromatic nitrogens is 2. The molecule has 2 N–H and O–H groups in total. The predicted octanol–water partition coefficient (Wildman–Crippen LogP) is 5.93. The van der Waals surface area contributed by atoms with Crippen LogP contribution in [0, 0.1) is 6.92 Å². The van der Waals surface area contributed by atoms with E-state index in [1.807, 2.05) is 60.7 Å². The van der Waals surface area contributed by atoms with Crippen molar-refractivity contribution in [1.29, 1.82) is 0 Å². The van der Waals surface area contributed by atoms with Crippen LogP contribution in [0.4, 0.5) is 17.5 Å². The summed E-state index contributed by atoms with van der Waals surface area (Å²) in [7, 11) is 0. The standard InChI is InChI=1S/C24H22N4O/c1-18-11-13-19(14-12-18)17-26-24-25-16-15-23(28-24)27-21-9-5-6-10-22(21)29-20-7-3-2-4-8-20/h2-16H,17H2,1H3,(H2,25,26,27,28). The van der Waals surface area contributed by atoms with Crippen molar-refractivity contribution in [2.75, 3.05) is 10.6 Å². The number of anilines is 3. The molecular formula is C24H22N4O. The zero-order chi connectivity index (χ0) is 19.9. The molecule has 0 aliphatic rings. The molecule has 4 aromatic rings. The van der Waals surface area contributed by atoms with E-state index in [4.69, 9.17) is 4.74 Å². The van der Waals surface area contributed by atoms with Gasteiger partial charge in [-0.25, -0.2) is 4.98 Å². The highest BCUT2D eigenvalue weighted by Gasteiger charge is 2.06. The first-order valence-corrected chi connectivity index (χ1v) is 9.48. The molecule has 5 nitrogen and oxygen atoms in total. The number of para-hydroxylation sites is 3. The highest BCUT2D eigenvalue weighted by Crippen LogP contribution is 2.31. The number of hydrogen-bond donors (Lipinski definition) is 2. The molecule has 29 heavy (non-hydrogen) atoms. The topological polar surface area (TPSA) is 59.1 Å². The Labute approximate surface area is 170 Å². The predicted molar refractivity (Wildman–Crippen MR) is 117 cm³/mol. The van der Waals surface area contributed by atoms with E-state index in [0.29, 0.717) is 18.3 Å². The highest BCUT2D eigenvalue weighted by atomic mass is 16.5. The van der Waals surface area contributed by atoms with Crippen LogP contribution >= 0.6 is 0 Å². The first-order valence-electron chi connectivity index (χ1n) is 9.48. The van der Waals surface area contributed by atoms with Gasteiger partial charge in [0.1, 0.15) is 11.6 Å². The van der Waals surface area contributed by atoms with Gasteiger partial charge in [0.25, 0.3) is 0 Å². The van der Waals surface area contributed by atoms with Crippen molar-refractivity contribution < 1.29 is 4.74 Å². The zero-order valence-corrected chi connectivity index (χ0v) is 16.2. The molecule has 1 heterocycles. The van der Waals surface area contributed by atoms with Crippen LogP contribution in [0.5, 0.6) is 11.5 Å². The SMILES string of the molecule is Cc1ccc(CNc2nccc(Nc3ccccc3Oc3ccccc3)n2)cc1. The summed E-state index contributed by atoms with van der Waals surface area (Å²) < 4.78 is 6.01. The number of aryl methyl sites for hydroxylation is 1. The van der Waals surface area contributed by atoms with Crippen LogP contribution in [0.15, 0.2) is 91.1 Å². The van der Waals surface area contributed by atoms with E-state index in [2.05, 4.69) is 51.8 Å². The molecule has 5 heteroatoms. The largest absolute Gasteiger partial charge is 0.455 e. The number of hydrogen-bond acceptors (Lipinski definition) is 5. The van der Waals surface area contributed by atoms with E-state index in [1.54, 1.807) is 6.20 Å². The van der Waals surface area contributed by atoms with Gasteiger partial charge in [-0.15, -0.1) is 0 Å². The second-order valence-corrected chi connectivity index (χ2v) is 6.64. The average Bonchev–Trinajstić information content (AvgIpc) is 2.76. The molecule has 0 aliphatic heterocycles. The molecule has 144 valence electrons. The third-order valence-electron chi connectivity index (χ3n) is 4.35. The summed E-state index contributed by atoms with van der Waals surface area (Å²) in [4.78, 5) is 8.87. The van der Waals surface area contributed by atoms with Gasteiger partial charge >= 0.3 is 0 Å². The van der Waals surface area contributed by atoms with Crippen molar-refractivity contribution in [3.05, 3.63) is 102 Å². The maximum absolute atomic E-state index is 6.01. The first-order chi connectivity index (χ1) is 14.3. The zero-order valence-electron chi connectivity index (χ0n) is 16.2. The Hall–Kier alpha value is -3.86. The molecular weight excluding hydrogens is 360 g/mol. The summed E-state index contributed by atoms with van der Waals surface area (Å²) in [5.41, 5.74) is 3.26. The van der Waals surface area contributed by atoms with E-state index in [1.165, 1.54) is 11.1 Å². The second kappa shape index (κ2) is 8.89. The fraction of sp³-hybridized carbons (Fsp3) is 0.0833. The lowest BCUT2D eigenvalue weighted by molar-refractivity contribution is 0.485. The minimum Gasteiger partial charge on any atom is -0.455 e. The second-order valence-electron chi connectivity index (χ2n) is 6.64. The van der Waals surface area contributed by atoms with Gasteiger partial charge in [-0.1, -0.05) is 60.2 Å². The molecule has 0 radical (unpaired) electrons. The summed E-state index contributed by atoms with van der Waals surface area (Å²) in [6.45, 7) is 2.74. The van der Waals surface area contributed by atoms with E-state index in [0.717, 1.165) is 17.2 Å². The molecule has 0 saturated heterocycles. The number of nitrogens with one attached hydrogen (secondary N) is 2. The van der Waals surface area contributed by atoms with Crippen LogP contribution in [0.2, 0.25) is 0 Å². The van der Waals surface area contributed by atoms with Gasteiger partial charge in [-0.3, -0.25) is 0 Å². The van der Waals surface area contributed by atoms with Gasteiger partial charge in [0.05, 0.1) is 5.69 Å². The quantitative estimate of drug-likeness (QED) is 0.415. The summed E-state index contributed by atoms with van der Waals surface area (Å²) in [6, 6.07) is 27.7. The van der Waals surface area contributed by atoms with Crippen LogP contribution < -0.4 is 15.4 Å². The monoisotopic (exact) mass is 382 g/mol. The summed E-state index contributed by atoms with van der Waals surface area (Å²) in [5.74, 6) is 2.77. The van der Waals surface area contributed by atoms with Gasteiger partial charge in [0, 0.05) is 12.7 Å². The minimum atomic E-state index is 0.567. The van der Waals surface area contributed by atoms with Crippen molar-refractivity contribution in [2.24, 2.45) is 0 Å². The van der Waals surface area contributed by atoms with Crippen molar-refractivity contribution in [3.63, 3.8) is 0 Å². The molecule has 0 saturated carbocycles. The van der Waals surface area contributed by atoms with Crippen LogP contribution in [-0.4, -0.2) is 9.97 Å². The molecule has 0 aliphatic carbocycles. The fourth-order valence-electron chi connectivity index (χ4n) is 2.81. The number of nitrogens with zero attached hydrogens (tertiary/aromatic N) is 2. The number of ether oxygens (including phenoxy) is 1. The maximum Gasteiger partial charge on any atom is 0.224 e. The van der Waals surface area contributed by atoms with Crippen LogP contribution in [0.1, 0.15) is 11.1 Å². The van der Waals surface area contributed by atoms with Gasteiger partial charge in [0.15, 0.2) is 5.75 Å². The lowest BCUT2D eigenvalue weighted by Gasteiger charge is -2.13. The summed E-state index contributed by atoms with van der Waals surface area (Å²) in [6.07, 6.45) is 1.73. The van der Waals surface area contributed by atoms with Crippen molar-refractivity contribution >= 4 is 17.5 Å². The Kier molecular flexibility index (Phi) is 5.67. The molecule has 0 amide bonds. The molecule has 0 unspecified atom stereocenters. The van der Waals surface area contributed by atoms with E-state index in [9.17, 15) is 0 Å². The lowest BCUT2D eigenvalue weighted by Crippen LogP contribution is -2.05. The molecule has 0 bridgehead atoms. The molecule has 3 aromatic carbocycles. The normalized spacial score (nSPS) is 10.4. The van der Waals surface area contributed by atoms with E-state index >= 15 is 0 Å². The third-order valence-corrected chi connectivity index (χ3v) is 4.35. The van der Waals surface area contributed by atoms with Gasteiger partial charge in [-0.05, 0) is 42.8 Å². The van der Waals surface area contributed by atoms with Gasteiger partial charge in [-0.2, -0.15) is 4.98 Å². The van der Waals surface area contributed by atoms with Crippen molar-refractivity contribution in [1.82, 2.24) is 9.97 Å². The van der Waals surface area contributed by atoms with E-state index < -0.39 is 0 Å². The number of benzene rings is 3. The van der Waals surface area contributed by atoms with Crippen molar-refractivity contribution in [3.8, 4) is 11.5 Å². The molecule has 0 fully saturated rings. The minimum absolute atomic E-state index is 0.567. The molecule has 0 spiro atoms. The van der Waals surface area contributed by atoms with Gasteiger partial charge in [0.2, 0.25) is 5.95 Å². The highest BCUT2D eigenvalue weighted by molar-refractivity contribution is 5.65. The Morgan fingerprint density at radius 1 is 0.828 bits per heavy atom. The van der Waals surface area contributed by atoms with Crippen LogP contribution in [0.25, 0.3) is 0 Å². The average molecular weight is 382 g/mol. The molecule has 0 atom stereocenters. The Morgan fingerprint density at radius 2 is 1.59 bits per heavy atom. The lowest BCUT2D eigenvalue weighted by atomic mass is 10.1. The van der Waals surface area contributed by atoms with Crippen molar-refractivity contribution in [2.45, 2.75) is 13.5 Å². The summed E-state index contributed by atoms with van der Waals surface area (Å²) >= 11 is 0. The fourth-order valence-corrected chi connectivity index (χ4v) is 2.81. The first kappa shape index (κ1) is 18.5. The van der Waals surface area contributed by atoms with Crippen LogP contribution in [0.3, 0.4) is 0 Å². The Bertz CT molecular complexity index is 1070. The maximum atomic E-state index is 6.01. The van der Waals surface area contributed by atoms with E-state index in [-0.39, 0.29) is 0 Å².